The van der Waals surface area contributed by atoms with E-state index in [1.165, 1.54) is 17.0 Å². The van der Waals surface area contributed by atoms with Crippen molar-refractivity contribution in [2.45, 2.75) is 26.4 Å². The molecule has 96 valence electrons. The number of ether oxygens (including phenoxy) is 1. The summed E-state index contributed by atoms with van der Waals surface area (Å²) < 4.78 is 5.18. The second-order valence-electron chi connectivity index (χ2n) is 4.18. The lowest BCUT2D eigenvalue weighted by Gasteiger charge is -2.32. The highest BCUT2D eigenvalue weighted by atomic mass is 16.6. The van der Waals surface area contributed by atoms with Crippen LogP contribution in [0.1, 0.15) is 31.9 Å². The van der Waals surface area contributed by atoms with Gasteiger partial charge in [-0.3, -0.25) is 15.0 Å². The van der Waals surface area contributed by atoms with E-state index in [1.807, 2.05) is 6.92 Å². The van der Waals surface area contributed by atoms with Crippen LogP contribution in [0.5, 0.6) is 0 Å². The van der Waals surface area contributed by atoms with Crippen molar-refractivity contribution in [2.24, 2.45) is 0 Å². The molecule has 0 radical (unpaired) electrons. The van der Waals surface area contributed by atoms with E-state index in [0.717, 1.165) is 6.42 Å². The number of cyclic esters (lactones) is 1. The normalized spacial score (nSPS) is 18.2. The lowest BCUT2D eigenvalue weighted by molar-refractivity contribution is -0.385. The van der Waals surface area contributed by atoms with Crippen LogP contribution in [-0.4, -0.2) is 17.6 Å². The molecule has 1 unspecified atom stereocenters. The number of anilines is 1. The van der Waals surface area contributed by atoms with Gasteiger partial charge in [0.25, 0.3) is 5.69 Å². The highest BCUT2D eigenvalue weighted by molar-refractivity contribution is 5.91. The number of amides is 1. The van der Waals surface area contributed by atoms with Gasteiger partial charge in [-0.2, -0.15) is 0 Å². The van der Waals surface area contributed by atoms with Crippen LogP contribution in [0.3, 0.4) is 0 Å². The van der Waals surface area contributed by atoms with Crippen LogP contribution in [0, 0.1) is 10.1 Å². The summed E-state index contributed by atoms with van der Waals surface area (Å²) in [5.74, 6) is 0. The Morgan fingerprint density at radius 2 is 2.22 bits per heavy atom. The van der Waals surface area contributed by atoms with Gasteiger partial charge in [-0.1, -0.05) is 6.92 Å². The Labute approximate surface area is 104 Å². The highest BCUT2D eigenvalue weighted by Gasteiger charge is 2.31. The SMILES string of the molecule is CCCN1C(=O)OC(C)c2cc([N+](=O)[O-])ccc21. The highest BCUT2D eigenvalue weighted by Crippen LogP contribution is 2.36. The maximum Gasteiger partial charge on any atom is 0.414 e. The third kappa shape index (κ3) is 2.01. The molecule has 1 atom stereocenters. The average Bonchev–Trinajstić information content (AvgIpc) is 2.33. The van der Waals surface area contributed by atoms with Crippen molar-refractivity contribution in [1.29, 1.82) is 0 Å². The minimum atomic E-state index is -0.458. The number of fused-ring (bicyclic) bond motifs is 1. The van der Waals surface area contributed by atoms with Crippen molar-refractivity contribution in [2.75, 3.05) is 11.4 Å². The number of hydrogen-bond donors (Lipinski definition) is 0. The average molecular weight is 250 g/mol. The van der Waals surface area contributed by atoms with E-state index in [9.17, 15) is 14.9 Å². The molecule has 0 bridgehead atoms. The Hall–Kier alpha value is -2.11. The van der Waals surface area contributed by atoms with E-state index in [0.29, 0.717) is 17.8 Å². The number of carbonyl (C=O) groups excluding carboxylic acids is 1. The number of non-ortho nitro benzene ring substituents is 1. The van der Waals surface area contributed by atoms with Crippen LogP contribution < -0.4 is 4.90 Å². The van der Waals surface area contributed by atoms with Gasteiger partial charge in [0.1, 0.15) is 6.10 Å². The fourth-order valence-electron chi connectivity index (χ4n) is 2.04. The van der Waals surface area contributed by atoms with Crippen molar-refractivity contribution < 1.29 is 14.5 Å². The molecule has 0 fully saturated rings. The lowest BCUT2D eigenvalue weighted by Crippen LogP contribution is -2.37. The number of nitro groups is 1. The fraction of sp³-hybridized carbons (Fsp3) is 0.417. The second-order valence-corrected chi connectivity index (χ2v) is 4.18. The second kappa shape index (κ2) is 4.64. The summed E-state index contributed by atoms with van der Waals surface area (Å²) in [5, 5.41) is 10.7. The summed E-state index contributed by atoms with van der Waals surface area (Å²) in [6.07, 6.45) is -0.0638. The largest absolute Gasteiger partial charge is 0.441 e. The molecule has 0 aliphatic carbocycles. The predicted molar refractivity (Wildman–Crippen MR) is 65.6 cm³/mol. The number of hydrogen-bond acceptors (Lipinski definition) is 4. The van der Waals surface area contributed by atoms with Gasteiger partial charge in [0.05, 0.1) is 10.6 Å². The predicted octanol–water partition coefficient (Wildman–Crippen LogP) is 3.02. The van der Waals surface area contributed by atoms with Gasteiger partial charge in [-0.05, 0) is 19.4 Å². The molecule has 2 rings (SSSR count). The summed E-state index contributed by atoms with van der Waals surface area (Å²) in [6.45, 7) is 4.20. The first-order chi connectivity index (χ1) is 8.54. The van der Waals surface area contributed by atoms with Crippen LogP contribution in [-0.2, 0) is 4.74 Å². The Bertz CT molecular complexity index is 501. The molecule has 0 aromatic heterocycles. The summed E-state index contributed by atoms with van der Waals surface area (Å²) in [6, 6.07) is 4.49. The van der Waals surface area contributed by atoms with Crippen molar-refractivity contribution in [1.82, 2.24) is 0 Å². The van der Waals surface area contributed by atoms with E-state index < -0.39 is 17.1 Å². The molecule has 1 heterocycles. The molecule has 0 saturated carbocycles. The van der Waals surface area contributed by atoms with Gasteiger partial charge in [-0.25, -0.2) is 4.79 Å². The molecule has 18 heavy (non-hydrogen) atoms. The van der Waals surface area contributed by atoms with Gasteiger partial charge in [0.15, 0.2) is 0 Å². The van der Waals surface area contributed by atoms with Gasteiger partial charge >= 0.3 is 6.09 Å². The van der Waals surface area contributed by atoms with Crippen LogP contribution in [0.15, 0.2) is 18.2 Å². The van der Waals surface area contributed by atoms with Crippen LogP contribution in [0.2, 0.25) is 0 Å². The molecule has 1 aromatic rings. The Balaban J connectivity index is 2.48. The van der Waals surface area contributed by atoms with E-state index in [1.54, 1.807) is 13.0 Å². The smallest absolute Gasteiger partial charge is 0.414 e. The molecule has 6 nitrogen and oxygen atoms in total. The molecular weight excluding hydrogens is 236 g/mol. The van der Waals surface area contributed by atoms with Crippen LogP contribution in [0.25, 0.3) is 0 Å². The fourth-order valence-corrected chi connectivity index (χ4v) is 2.04. The van der Waals surface area contributed by atoms with E-state index >= 15 is 0 Å². The molecule has 0 saturated heterocycles. The molecule has 1 aromatic carbocycles. The standard InChI is InChI=1S/C12H14N2O4/c1-3-6-13-11-5-4-9(14(16)17)7-10(11)8(2)18-12(13)15/h4-5,7-8H,3,6H2,1-2H3. The molecule has 1 amide bonds. The maximum atomic E-state index is 11.7. The monoisotopic (exact) mass is 250 g/mol. The topological polar surface area (TPSA) is 72.7 Å². The van der Waals surface area contributed by atoms with Crippen molar-refractivity contribution in [3.05, 3.63) is 33.9 Å². The summed E-state index contributed by atoms with van der Waals surface area (Å²) in [4.78, 5) is 23.6. The summed E-state index contributed by atoms with van der Waals surface area (Å²) in [7, 11) is 0. The Morgan fingerprint density at radius 3 is 2.83 bits per heavy atom. The molecule has 0 spiro atoms. The number of benzene rings is 1. The van der Waals surface area contributed by atoms with Crippen molar-refractivity contribution in [3.8, 4) is 0 Å². The molecule has 0 N–H and O–H groups in total. The van der Waals surface area contributed by atoms with E-state index in [-0.39, 0.29) is 5.69 Å². The third-order valence-corrected chi connectivity index (χ3v) is 2.90. The number of rotatable bonds is 3. The molecule has 1 aliphatic rings. The first-order valence-corrected chi connectivity index (χ1v) is 5.81. The third-order valence-electron chi connectivity index (χ3n) is 2.90. The quantitative estimate of drug-likeness (QED) is 0.610. The number of carbonyl (C=O) groups is 1. The minimum Gasteiger partial charge on any atom is -0.441 e. The Kier molecular flexibility index (Phi) is 3.18. The first-order valence-electron chi connectivity index (χ1n) is 5.81. The Morgan fingerprint density at radius 1 is 1.50 bits per heavy atom. The van der Waals surface area contributed by atoms with Crippen LogP contribution >= 0.6 is 0 Å². The van der Waals surface area contributed by atoms with E-state index in [2.05, 4.69) is 0 Å². The minimum absolute atomic E-state index is 0.00926. The van der Waals surface area contributed by atoms with Crippen molar-refractivity contribution >= 4 is 17.5 Å². The van der Waals surface area contributed by atoms with Gasteiger partial charge in [-0.15, -0.1) is 0 Å². The molecule has 6 heteroatoms. The first kappa shape index (κ1) is 12.3. The van der Waals surface area contributed by atoms with Crippen molar-refractivity contribution in [3.63, 3.8) is 0 Å². The van der Waals surface area contributed by atoms with Gasteiger partial charge < -0.3 is 4.74 Å². The van der Waals surface area contributed by atoms with Crippen LogP contribution in [0.4, 0.5) is 16.2 Å². The zero-order valence-corrected chi connectivity index (χ0v) is 10.3. The van der Waals surface area contributed by atoms with E-state index in [4.69, 9.17) is 4.74 Å². The number of nitrogens with zero attached hydrogens (tertiary/aromatic N) is 2. The number of nitro benzene ring substituents is 1. The van der Waals surface area contributed by atoms with Gasteiger partial charge in [0, 0.05) is 24.2 Å². The zero-order valence-electron chi connectivity index (χ0n) is 10.3. The molecular formula is C12H14N2O4. The summed E-state index contributed by atoms with van der Waals surface area (Å²) >= 11 is 0. The molecule has 1 aliphatic heterocycles. The zero-order chi connectivity index (χ0) is 13.3. The lowest BCUT2D eigenvalue weighted by atomic mass is 10.0. The maximum absolute atomic E-state index is 11.7. The van der Waals surface area contributed by atoms with Gasteiger partial charge in [0.2, 0.25) is 0 Å². The summed E-state index contributed by atoms with van der Waals surface area (Å²) in [5.41, 5.74) is 1.39.